The van der Waals surface area contributed by atoms with Crippen molar-refractivity contribution in [3.8, 4) is 0 Å². The molecule has 0 aromatic carbocycles. The maximum Gasteiger partial charge on any atom is 0.0586 e. The third-order valence-corrected chi connectivity index (χ3v) is 2.62. The molecule has 1 atom stereocenters. The zero-order valence-electron chi connectivity index (χ0n) is 9.42. The van der Waals surface area contributed by atoms with Gasteiger partial charge in [-0.15, -0.1) is 0 Å². The number of hydrogen-bond acceptors (Lipinski definition) is 2. The molecule has 0 amide bonds. The van der Waals surface area contributed by atoms with Crippen LogP contribution >= 0.6 is 0 Å². The molecule has 0 spiro atoms. The number of nitrogens with zero attached hydrogens (tertiary/aromatic N) is 1. The molecule has 1 aliphatic rings. The normalized spacial score (nSPS) is 22.6. The van der Waals surface area contributed by atoms with Crippen molar-refractivity contribution < 1.29 is 5.11 Å². The Morgan fingerprint density at radius 1 is 1.23 bits per heavy atom. The Morgan fingerprint density at radius 3 is 2.15 bits per heavy atom. The van der Waals surface area contributed by atoms with E-state index in [9.17, 15) is 0 Å². The standard InChI is InChI=1S/C7H15NO.C4H10/c1-2-8-5-3-4-7(8)6-9;1-3-4-2/h7,9H,2-6H2,1H3;3-4H2,1-2H3. The van der Waals surface area contributed by atoms with Gasteiger partial charge in [-0.3, -0.25) is 4.90 Å². The van der Waals surface area contributed by atoms with Crippen molar-refractivity contribution in [1.29, 1.82) is 0 Å². The van der Waals surface area contributed by atoms with E-state index in [0.29, 0.717) is 12.6 Å². The minimum atomic E-state index is 0.341. The summed E-state index contributed by atoms with van der Waals surface area (Å²) in [4.78, 5) is 2.33. The lowest BCUT2D eigenvalue weighted by Gasteiger charge is -2.19. The molecule has 0 radical (unpaired) electrons. The molecule has 0 saturated carbocycles. The molecule has 80 valence electrons. The average Bonchev–Trinajstić information content (AvgIpc) is 2.65. The first-order valence-electron chi connectivity index (χ1n) is 5.64. The summed E-state index contributed by atoms with van der Waals surface area (Å²) in [6, 6.07) is 0.468. The van der Waals surface area contributed by atoms with Crippen molar-refractivity contribution in [2.45, 2.75) is 52.5 Å². The first-order valence-corrected chi connectivity index (χ1v) is 5.64. The summed E-state index contributed by atoms with van der Waals surface area (Å²) in [5, 5.41) is 8.83. The number of hydrogen-bond donors (Lipinski definition) is 1. The second-order valence-electron chi connectivity index (χ2n) is 3.61. The Bertz CT molecular complexity index is 94.3. The second kappa shape index (κ2) is 8.52. The van der Waals surface area contributed by atoms with Gasteiger partial charge in [0, 0.05) is 6.04 Å². The van der Waals surface area contributed by atoms with E-state index in [0.717, 1.165) is 6.54 Å². The van der Waals surface area contributed by atoms with Gasteiger partial charge in [-0.2, -0.15) is 0 Å². The van der Waals surface area contributed by atoms with Crippen LogP contribution in [0.15, 0.2) is 0 Å². The van der Waals surface area contributed by atoms with E-state index in [1.807, 2.05) is 0 Å². The third-order valence-electron chi connectivity index (χ3n) is 2.62. The fourth-order valence-electron chi connectivity index (χ4n) is 1.52. The van der Waals surface area contributed by atoms with Crippen LogP contribution in [-0.2, 0) is 0 Å². The van der Waals surface area contributed by atoms with E-state index < -0.39 is 0 Å². The first kappa shape index (κ1) is 12.9. The Kier molecular flexibility index (Phi) is 8.46. The lowest BCUT2D eigenvalue weighted by molar-refractivity contribution is 0.164. The molecule has 1 fully saturated rings. The molecule has 0 aliphatic carbocycles. The first-order chi connectivity index (χ1) is 6.29. The topological polar surface area (TPSA) is 23.5 Å². The summed E-state index contributed by atoms with van der Waals surface area (Å²) in [6.07, 6.45) is 5.09. The van der Waals surface area contributed by atoms with Gasteiger partial charge in [-0.1, -0.05) is 33.6 Å². The highest BCUT2D eigenvalue weighted by Crippen LogP contribution is 2.14. The Morgan fingerprint density at radius 2 is 1.85 bits per heavy atom. The Balaban J connectivity index is 0.000000310. The molecule has 2 nitrogen and oxygen atoms in total. The molecule has 1 unspecified atom stereocenters. The summed E-state index contributed by atoms with van der Waals surface area (Å²) in [5.74, 6) is 0. The van der Waals surface area contributed by atoms with Gasteiger partial charge in [0.25, 0.3) is 0 Å². The Labute approximate surface area is 82.9 Å². The zero-order valence-corrected chi connectivity index (χ0v) is 9.42. The maximum atomic E-state index is 8.83. The van der Waals surface area contributed by atoms with Crippen LogP contribution in [0, 0.1) is 0 Å². The van der Waals surface area contributed by atoms with E-state index in [4.69, 9.17) is 5.11 Å². The van der Waals surface area contributed by atoms with Gasteiger partial charge < -0.3 is 5.11 Å². The van der Waals surface area contributed by atoms with Crippen LogP contribution in [0.25, 0.3) is 0 Å². The molecule has 0 aromatic rings. The van der Waals surface area contributed by atoms with E-state index in [-0.39, 0.29) is 0 Å². The smallest absolute Gasteiger partial charge is 0.0586 e. The van der Waals surface area contributed by atoms with Gasteiger partial charge in [-0.25, -0.2) is 0 Å². The number of likely N-dealkylation sites (tertiary alicyclic amines) is 1. The lowest BCUT2D eigenvalue weighted by atomic mass is 10.2. The van der Waals surface area contributed by atoms with Crippen molar-refractivity contribution in [2.75, 3.05) is 19.7 Å². The quantitative estimate of drug-likeness (QED) is 0.732. The molecule has 0 aromatic heterocycles. The van der Waals surface area contributed by atoms with Gasteiger partial charge in [0.05, 0.1) is 6.61 Å². The van der Waals surface area contributed by atoms with Crippen LogP contribution in [0.5, 0.6) is 0 Å². The van der Waals surface area contributed by atoms with Crippen molar-refractivity contribution in [3.63, 3.8) is 0 Å². The Hall–Kier alpha value is -0.0800. The summed E-state index contributed by atoms with van der Waals surface area (Å²) >= 11 is 0. The van der Waals surface area contributed by atoms with Gasteiger partial charge in [-0.05, 0) is 25.9 Å². The van der Waals surface area contributed by atoms with Crippen LogP contribution < -0.4 is 0 Å². The van der Waals surface area contributed by atoms with Gasteiger partial charge in [0.15, 0.2) is 0 Å². The highest BCUT2D eigenvalue weighted by molar-refractivity contribution is 4.76. The highest BCUT2D eigenvalue weighted by atomic mass is 16.3. The molecule has 13 heavy (non-hydrogen) atoms. The van der Waals surface area contributed by atoms with Crippen LogP contribution in [0.3, 0.4) is 0 Å². The van der Waals surface area contributed by atoms with Crippen LogP contribution in [-0.4, -0.2) is 35.7 Å². The summed E-state index contributed by atoms with van der Waals surface area (Å²) in [6.45, 7) is 9.12. The van der Waals surface area contributed by atoms with Crippen molar-refractivity contribution in [2.24, 2.45) is 0 Å². The largest absolute Gasteiger partial charge is 0.395 e. The number of unbranched alkanes of at least 4 members (excludes halogenated alkanes) is 1. The van der Waals surface area contributed by atoms with E-state index in [2.05, 4.69) is 25.7 Å². The molecule has 1 rings (SSSR count). The van der Waals surface area contributed by atoms with Gasteiger partial charge >= 0.3 is 0 Å². The molecule has 1 heterocycles. The number of aliphatic hydroxyl groups is 1. The highest BCUT2D eigenvalue weighted by Gasteiger charge is 2.21. The zero-order chi connectivity index (χ0) is 10.1. The molecule has 2 heteroatoms. The summed E-state index contributed by atoms with van der Waals surface area (Å²) in [7, 11) is 0. The van der Waals surface area contributed by atoms with Crippen LogP contribution in [0.4, 0.5) is 0 Å². The van der Waals surface area contributed by atoms with E-state index >= 15 is 0 Å². The molecular weight excluding hydrogens is 162 g/mol. The minimum absolute atomic E-state index is 0.341. The molecule has 1 N–H and O–H groups in total. The fourth-order valence-corrected chi connectivity index (χ4v) is 1.52. The lowest BCUT2D eigenvalue weighted by Crippen LogP contribution is -2.31. The molecule has 1 aliphatic heterocycles. The molecule has 0 bridgehead atoms. The van der Waals surface area contributed by atoms with Crippen LogP contribution in [0.1, 0.15) is 46.5 Å². The predicted octanol–water partition coefficient (Wildman–Crippen LogP) is 2.27. The van der Waals surface area contributed by atoms with E-state index in [1.54, 1.807) is 0 Å². The van der Waals surface area contributed by atoms with Gasteiger partial charge in [0.2, 0.25) is 0 Å². The monoisotopic (exact) mass is 187 g/mol. The predicted molar refractivity (Wildman–Crippen MR) is 57.9 cm³/mol. The number of likely N-dealkylation sites (N-methyl/N-ethyl adjacent to an activating group) is 1. The van der Waals surface area contributed by atoms with Crippen molar-refractivity contribution in [3.05, 3.63) is 0 Å². The molecular formula is C11H25NO. The average molecular weight is 187 g/mol. The summed E-state index contributed by atoms with van der Waals surface area (Å²) < 4.78 is 0. The van der Waals surface area contributed by atoms with Gasteiger partial charge in [0.1, 0.15) is 0 Å². The van der Waals surface area contributed by atoms with Crippen molar-refractivity contribution >= 4 is 0 Å². The molecule has 1 saturated heterocycles. The number of rotatable bonds is 3. The van der Waals surface area contributed by atoms with Crippen molar-refractivity contribution in [1.82, 2.24) is 4.90 Å². The number of aliphatic hydroxyl groups excluding tert-OH is 1. The fraction of sp³-hybridized carbons (Fsp3) is 1.00. The summed E-state index contributed by atoms with van der Waals surface area (Å²) in [5.41, 5.74) is 0. The minimum Gasteiger partial charge on any atom is -0.395 e. The maximum absolute atomic E-state index is 8.83. The van der Waals surface area contributed by atoms with E-state index in [1.165, 1.54) is 32.2 Å². The van der Waals surface area contributed by atoms with Crippen LogP contribution in [0.2, 0.25) is 0 Å². The SMILES string of the molecule is CCCC.CCN1CCCC1CO. The second-order valence-corrected chi connectivity index (χ2v) is 3.61. The third kappa shape index (κ3) is 5.27.